The number of rotatable bonds is 5. The van der Waals surface area contributed by atoms with Gasteiger partial charge >= 0.3 is 0 Å². The Morgan fingerprint density at radius 1 is 1.22 bits per heavy atom. The standard InChI is InChI=1S/C16H31NO/c1-7-11-16(5,6)13(15(2,3)4)14(18)17-12-9-8-10-12/h12-13H,7-11H2,1-6H3,(H,17,18). The van der Waals surface area contributed by atoms with Crippen LogP contribution < -0.4 is 5.32 Å². The maximum absolute atomic E-state index is 12.6. The summed E-state index contributed by atoms with van der Waals surface area (Å²) in [6.07, 6.45) is 5.83. The number of nitrogens with one attached hydrogen (secondary N) is 1. The molecule has 1 amide bonds. The summed E-state index contributed by atoms with van der Waals surface area (Å²) in [7, 11) is 0. The summed E-state index contributed by atoms with van der Waals surface area (Å²) in [6.45, 7) is 13.3. The van der Waals surface area contributed by atoms with E-state index in [0.29, 0.717) is 6.04 Å². The van der Waals surface area contributed by atoms with Gasteiger partial charge in [0.05, 0.1) is 0 Å². The van der Waals surface area contributed by atoms with Crippen molar-refractivity contribution in [1.29, 1.82) is 0 Å². The number of carbonyl (C=O) groups excluding carboxylic acids is 1. The minimum absolute atomic E-state index is 0.0203. The number of hydrogen-bond acceptors (Lipinski definition) is 1. The van der Waals surface area contributed by atoms with Crippen molar-refractivity contribution in [2.24, 2.45) is 16.7 Å². The van der Waals surface area contributed by atoms with Gasteiger partial charge in [0.1, 0.15) is 0 Å². The van der Waals surface area contributed by atoms with Gasteiger partial charge in [-0.3, -0.25) is 4.79 Å². The van der Waals surface area contributed by atoms with Gasteiger partial charge in [-0.25, -0.2) is 0 Å². The normalized spacial score (nSPS) is 19.2. The van der Waals surface area contributed by atoms with Gasteiger partial charge in [0, 0.05) is 12.0 Å². The predicted molar refractivity (Wildman–Crippen MR) is 77.4 cm³/mol. The second kappa shape index (κ2) is 5.63. The maximum Gasteiger partial charge on any atom is 0.224 e. The third kappa shape index (κ3) is 3.73. The summed E-state index contributed by atoms with van der Waals surface area (Å²) in [6, 6.07) is 0.444. The molecule has 2 nitrogen and oxygen atoms in total. The molecular weight excluding hydrogens is 222 g/mol. The molecule has 0 aromatic heterocycles. The number of hydrogen-bond donors (Lipinski definition) is 1. The molecule has 0 aromatic carbocycles. The van der Waals surface area contributed by atoms with Crippen LogP contribution in [0.15, 0.2) is 0 Å². The van der Waals surface area contributed by atoms with Crippen LogP contribution in [0.1, 0.15) is 73.6 Å². The molecule has 0 aromatic rings. The van der Waals surface area contributed by atoms with Gasteiger partial charge in [-0.2, -0.15) is 0 Å². The van der Waals surface area contributed by atoms with E-state index >= 15 is 0 Å². The van der Waals surface area contributed by atoms with E-state index in [1.807, 2.05) is 0 Å². The molecule has 1 atom stereocenters. The molecule has 1 fully saturated rings. The van der Waals surface area contributed by atoms with E-state index in [0.717, 1.165) is 25.7 Å². The van der Waals surface area contributed by atoms with Crippen LogP contribution in [0.5, 0.6) is 0 Å². The van der Waals surface area contributed by atoms with Crippen molar-refractivity contribution in [3.8, 4) is 0 Å². The molecule has 0 bridgehead atoms. The van der Waals surface area contributed by atoms with E-state index in [4.69, 9.17) is 0 Å². The van der Waals surface area contributed by atoms with Crippen molar-refractivity contribution in [2.45, 2.75) is 79.7 Å². The molecule has 0 heterocycles. The highest BCUT2D eigenvalue weighted by Gasteiger charge is 2.43. The molecular formula is C16H31NO. The van der Waals surface area contributed by atoms with Gasteiger partial charge < -0.3 is 5.32 Å². The molecule has 1 unspecified atom stereocenters. The molecule has 18 heavy (non-hydrogen) atoms. The van der Waals surface area contributed by atoms with Crippen LogP contribution in [0.3, 0.4) is 0 Å². The summed E-state index contributed by atoms with van der Waals surface area (Å²) < 4.78 is 0. The van der Waals surface area contributed by atoms with E-state index in [1.54, 1.807) is 0 Å². The fourth-order valence-corrected chi connectivity index (χ4v) is 3.55. The second-order valence-electron chi connectivity index (χ2n) is 7.67. The lowest BCUT2D eigenvalue weighted by Gasteiger charge is -2.43. The lowest BCUT2D eigenvalue weighted by molar-refractivity contribution is -0.135. The Morgan fingerprint density at radius 2 is 1.78 bits per heavy atom. The first kappa shape index (κ1) is 15.5. The molecule has 2 heteroatoms. The van der Waals surface area contributed by atoms with Crippen molar-refractivity contribution >= 4 is 5.91 Å². The highest BCUT2D eigenvalue weighted by atomic mass is 16.2. The molecule has 0 aliphatic heterocycles. The lowest BCUT2D eigenvalue weighted by atomic mass is 9.63. The Morgan fingerprint density at radius 3 is 2.11 bits per heavy atom. The monoisotopic (exact) mass is 253 g/mol. The third-order valence-electron chi connectivity index (χ3n) is 4.26. The first-order valence-electron chi connectivity index (χ1n) is 7.49. The Labute approximate surface area is 113 Å². The molecule has 0 radical (unpaired) electrons. The van der Waals surface area contributed by atoms with Crippen molar-refractivity contribution in [1.82, 2.24) is 5.32 Å². The fraction of sp³-hybridized carbons (Fsp3) is 0.938. The van der Waals surface area contributed by atoms with Gasteiger partial charge in [0.15, 0.2) is 0 Å². The van der Waals surface area contributed by atoms with E-state index in [2.05, 4.69) is 46.9 Å². The first-order chi connectivity index (χ1) is 8.18. The van der Waals surface area contributed by atoms with Crippen molar-refractivity contribution in [2.75, 3.05) is 0 Å². The van der Waals surface area contributed by atoms with Crippen LogP contribution in [0.4, 0.5) is 0 Å². The van der Waals surface area contributed by atoms with E-state index < -0.39 is 0 Å². The zero-order valence-electron chi connectivity index (χ0n) is 13.1. The Hall–Kier alpha value is -0.530. The molecule has 106 valence electrons. The molecule has 0 spiro atoms. The zero-order chi connectivity index (χ0) is 14.0. The van der Waals surface area contributed by atoms with Crippen LogP contribution in [0.25, 0.3) is 0 Å². The minimum atomic E-state index is 0.0203. The summed E-state index contributed by atoms with van der Waals surface area (Å²) in [5.41, 5.74) is 0.0906. The highest BCUT2D eigenvalue weighted by Crippen LogP contribution is 2.43. The minimum Gasteiger partial charge on any atom is -0.353 e. The van der Waals surface area contributed by atoms with Gasteiger partial charge in [-0.05, 0) is 36.5 Å². The van der Waals surface area contributed by atoms with Gasteiger partial charge in [-0.1, -0.05) is 48.0 Å². The summed E-state index contributed by atoms with van der Waals surface area (Å²) in [5, 5.41) is 3.25. The van der Waals surface area contributed by atoms with Crippen LogP contribution >= 0.6 is 0 Å². The van der Waals surface area contributed by atoms with Crippen LogP contribution in [-0.2, 0) is 4.79 Å². The van der Waals surface area contributed by atoms with Crippen LogP contribution in [-0.4, -0.2) is 11.9 Å². The topological polar surface area (TPSA) is 29.1 Å². The van der Waals surface area contributed by atoms with Crippen molar-refractivity contribution in [3.63, 3.8) is 0 Å². The SMILES string of the molecule is CCCC(C)(C)C(C(=O)NC1CCC1)C(C)(C)C. The largest absolute Gasteiger partial charge is 0.353 e. The smallest absolute Gasteiger partial charge is 0.224 e. The number of carbonyl (C=O) groups is 1. The van der Waals surface area contributed by atoms with Gasteiger partial charge in [-0.15, -0.1) is 0 Å². The van der Waals surface area contributed by atoms with E-state index in [9.17, 15) is 4.79 Å². The molecule has 0 saturated heterocycles. The lowest BCUT2D eigenvalue weighted by Crippen LogP contribution is -2.50. The van der Waals surface area contributed by atoms with Gasteiger partial charge in [0.25, 0.3) is 0 Å². The van der Waals surface area contributed by atoms with Crippen molar-refractivity contribution in [3.05, 3.63) is 0 Å². The average Bonchev–Trinajstić information content (AvgIpc) is 2.08. The third-order valence-corrected chi connectivity index (χ3v) is 4.26. The predicted octanol–water partition coefficient (Wildman–Crippen LogP) is 4.14. The fourth-order valence-electron chi connectivity index (χ4n) is 3.55. The van der Waals surface area contributed by atoms with E-state index in [-0.39, 0.29) is 22.7 Å². The number of amides is 1. The summed E-state index contributed by atoms with van der Waals surface area (Å²) in [5.74, 6) is 0.358. The molecule has 1 saturated carbocycles. The Balaban J connectivity index is 2.80. The Kier molecular flexibility index (Phi) is 4.85. The summed E-state index contributed by atoms with van der Waals surface area (Å²) >= 11 is 0. The molecule has 1 aliphatic carbocycles. The molecule has 1 N–H and O–H groups in total. The van der Waals surface area contributed by atoms with Gasteiger partial charge in [0.2, 0.25) is 5.91 Å². The van der Waals surface area contributed by atoms with Crippen LogP contribution in [0, 0.1) is 16.7 Å². The van der Waals surface area contributed by atoms with Crippen LogP contribution in [0.2, 0.25) is 0 Å². The second-order valence-corrected chi connectivity index (χ2v) is 7.67. The quantitative estimate of drug-likeness (QED) is 0.783. The summed E-state index contributed by atoms with van der Waals surface area (Å²) in [4.78, 5) is 12.6. The molecule has 1 aliphatic rings. The zero-order valence-corrected chi connectivity index (χ0v) is 13.1. The van der Waals surface area contributed by atoms with E-state index in [1.165, 1.54) is 6.42 Å². The highest BCUT2D eigenvalue weighted by molar-refractivity contribution is 5.80. The molecule has 1 rings (SSSR count). The first-order valence-corrected chi connectivity index (χ1v) is 7.49. The average molecular weight is 253 g/mol. The maximum atomic E-state index is 12.6. The van der Waals surface area contributed by atoms with Crippen molar-refractivity contribution < 1.29 is 4.79 Å². The Bertz CT molecular complexity index is 284.